The fourth-order valence-electron chi connectivity index (χ4n) is 2.98. The zero-order chi connectivity index (χ0) is 16.7. The van der Waals surface area contributed by atoms with Crippen molar-refractivity contribution >= 4 is 33.8 Å². The SMILES string of the molecule is N#Cc1cc(C(=O)c2ccccc2)c2c(ccc3c(Cl)ccn32)c1. The Labute approximate surface area is 143 Å². The van der Waals surface area contributed by atoms with Crippen LogP contribution in [0.25, 0.3) is 16.4 Å². The molecule has 0 saturated carbocycles. The molecule has 0 saturated heterocycles. The summed E-state index contributed by atoms with van der Waals surface area (Å²) in [5.41, 5.74) is 3.12. The minimum absolute atomic E-state index is 0.116. The van der Waals surface area contributed by atoms with E-state index in [-0.39, 0.29) is 5.78 Å². The van der Waals surface area contributed by atoms with E-state index in [1.165, 1.54) is 0 Å². The van der Waals surface area contributed by atoms with Gasteiger partial charge in [0.25, 0.3) is 0 Å². The molecule has 4 rings (SSSR count). The number of pyridine rings is 1. The lowest BCUT2D eigenvalue weighted by Gasteiger charge is -2.10. The highest BCUT2D eigenvalue weighted by molar-refractivity contribution is 6.34. The van der Waals surface area contributed by atoms with Crippen LogP contribution in [0.3, 0.4) is 0 Å². The lowest BCUT2D eigenvalue weighted by molar-refractivity contribution is 0.104. The summed E-state index contributed by atoms with van der Waals surface area (Å²) < 4.78 is 1.90. The maximum Gasteiger partial charge on any atom is 0.195 e. The highest BCUT2D eigenvalue weighted by Crippen LogP contribution is 2.28. The fraction of sp³-hybridized carbons (Fsp3) is 0. The van der Waals surface area contributed by atoms with Crippen LogP contribution in [0.2, 0.25) is 5.02 Å². The Balaban J connectivity index is 2.11. The molecular formula is C20H11ClN2O. The van der Waals surface area contributed by atoms with Crippen molar-refractivity contribution in [3.63, 3.8) is 0 Å². The van der Waals surface area contributed by atoms with Gasteiger partial charge in [-0.2, -0.15) is 5.26 Å². The number of hydrogen-bond donors (Lipinski definition) is 0. The Morgan fingerprint density at radius 2 is 1.83 bits per heavy atom. The van der Waals surface area contributed by atoms with Crippen LogP contribution in [0.15, 0.2) is 66.9 Å². The van der Waals surface area contributed by atoms with Crippen molar-refractivity contribution in [1.82, 2.24) is 4.40 Å². The van der Waals surface area contributed by atoms with Crippen molar-refractivity contribution in [2.75, 3.05) is 0 Å². The van der Waals surface area contributed by atoms with E-state index >= 15 is 0 Å². The number of benzene rings is 2. The molecule has 0 fully saturated rings. The molecule has 0 aliphatic heterocycles. The van der Waals surface area contributed by atoms with Gasteiger partial charge in [0.05, 0.1) is 27.7 Å². The summed E-state index contributed by atoms with van der Waals surface area (Å²) in [6.07, 6.45) is 1.84. The average Bonchev–Trinajstić information content (AvgIpc) is 3.02. The second-order valence-electron chi connectivity index (χ2n) is 5.52. The third kappa shape index (κ3) is 2.17. The second-order valence-corrected chi connectivity index (χ2v) is 5.93. The van der Waals surface area contributed by atoms with Crippen LogP contribution < -0.4 is 0 Å². The van der Waals surface area contributed by atoms with E-state index in [1.807, 2.05) is 40.9 Å². The van der Waals surface area contributed by atoms with Crippen molar-refractivity contribution in [3.8, 4) is 6.07 Å². The van der Waals surface area contributed by atoms with Gasteiger partial charge in [-0.3, -0.25) is 4.79 Å². The molecule has 0 spiro atoms. The lowest BCUT2D eigenvalue weighted by atomic mass is 9.98. The van der Waals surface area contributed by atoms with Gasteiger partial charge in [-0.25, -0.2) is 0 Å². The highest BCUT2D eigenvalue weighted by Gasteiger charge is 2.17. The van der Waals surface area contributed by atoms with Gasteiger partial charge in [0.15, 0.2) is 5.78 Å². The molecular weight excluding hydrogens is 320 g/mol. The van der Waals surface area contributed by atoms with E-state index < -0.39 is 0 Å². The maximum absolute atomic E-state index is 13.0. The van der Waals surface area contributed by atoms with Crippen molar-refractivity contribution in [1.29, 1.82) is 5.26 Å². The number of carbonyl (C=O) groups is 1. The van der Waals surface area contributed by atoms with E-state index in [9.17, 15) is 10.1 Å². The summed E-state index contributed by atoms with van der Waals surface area (Å²) in [7, 11) is 0. The molecule has 2 heterocycles. The molecule has 0 atom stereocenters. The molecule has 0 unspecified atom stereocenters. The number of fused-ring (bicyclic) bond motifs is 3. The molecule has 0 aliphatic carbocycles. The normalized spacial score (nSPS) is 10.8. The molecule has 0 amide bonds. The highest BCUT2D eigenvalue weighted by atomic mass is 35.5. The van der Waals surface area contributed by atoms with Gasteiger partial charge in [0, 0.05) is 22.7 Å². The molecule has 2 aromatic heterocycles. The van der Waals surface area contributed by atoms with Crippen molar-refractivity contribution < 1.29 is 4.79 Å². The van der Waals surface area contributed by atoms with Gasteiger partial charge in [-0.15, -0.1) is 0 Å². The third-order valence-corrected chi connectivity index (χ3v) is 4.40. The van der Waals surface area contributed by atoms with Crippen LogP contribution >= 0.6 is 11.6 Å². The van der Waals surface area contributed by atoms with Gasteiger partial charge < -0.3 is 4.40 Å². The molecule has 0 aliphatic rings. The molecule has 0 radical (unpaired) electrons. The maximum atomic E-state index is 13.0. The number of halogens is 1. The Kier molecular flexibility index (Phi) is 3.34. The molecule has 4 heteroatoms. The molecule has 4 aromatic rings. The van der Waals surface area contributed by atoms with Crippen molar-refractivity contribution in [2.24, 2.45) is 0 Å². The van der Waals surface area contributed by atoms with Crippen molar-refractivity contribution in [2.45, 2.75) is 0 Å². The number of ketones is 1. The minimum Gasteiger partial charge on any atom is -0.314 e. The first-order chi connectivity index (χ1) is 11.7. The monoisotopic (exact) mass is 330 g/mol. The first-order valence-electron chi connectivity index (χ1n) is 7.42. The van der Waals surface area contributed by atoms with E-state index in [4.69, 9.17) is 11.6 Å². The average molecular weight is 331 g/mol. The van der Waals surface area contributed by atoms with Crippen LogP contribution in [0, 0.1) is 11.3 Å². The number of aromatic nitrogens is 1. The predicted molar refractivity (Wildman–Crippen MR) is 94.5 cm³/mol. The summed E-state index contributed by atoms with van der Waals surface area (Å²) in [4.78, 5) is 13.0. The molecule has 0 bridgehead atoms. The molecule has 24 heavy (non-hydrogen) atoms. The summed E-state index contributed by atoms with van der Waals surface area (Å²) >= 11 is 6.22. The fourth-order valence-corrected chi connectivity index (χ4v) is 3.19. The Bertz CT molecular complexity index is 1140. The minimum atomic E-state index is -0.116. The summed E-state index contributed by atoms with van der Waals surface area (Å²) in [6.45, 7) is 0. The lowest BCUT2D eigenvalue weighted by Crippen LogP contribution is -2.05. The van der Waals surface area contributed by atoms with Crippen LogP contribution in [-0.4, -0.2) is 10.2 Å². The Morgan fingerprint density at radius 3 is 2.58 bits per heavy atom. The first-order valence-corrected chi connectivity index (χ1v) is 7.80. The van der Waals surface area contributed by atoms with Crippen molar-refractivity contribution in [3.05, 3.63) is 88.6 Å². The van der Waals surface area contributed by atoms with Gasteiger partial charge in [0.1, 0.15) is 0 Å². The summed E-state index contributed by atoms with van der Waals surface area (Å²) in [5, 5.41) is 10.8. The zero-order valence-electron chi connectivity index (χ0n) is 12.5. The third-order valence-electron chi connectivity index (χ3n) is 4.08. The van der Waals surface area contributed by atoms with E-state index in [0.717, 1.165) is 16.4 Å². The number of nitriles is 1. The Morgan fingerprint density at radius 1 is 1.04 bits per heavy atom. The molecule has 0 N–H and O–H groups in total. The topological polar surface area (TPSA) is 45.3 Å². The van der Waals surface area contributed by atoms with Crippen LogP contribution in [0.5, 0.6) is 0 Å². The largest absolute Gasteiger partial charge is 0.314 e. The number of rotatable bonds is 2. The zero-order valence-corrected chi connectivity index (χ0v) is 13.3. The first kappa shape index (κ1) is 14.5. The predicted octanol–water partition coefficient (Wildman–Crippen LogP) is 4.85. The number of carbonyl (C=O) groups excluding carboxylic acids is 1. The van der Waals surface area contributed by atoms with E-state index in [2.05, 4.69) is 6.07 Å². The molecule has 2 aromatic carbocycles. The standard InChI is InChI=1S/C20H11ClN2O/c21-17-8-9-23-18(17)7-6-15-10-13(12-22)11-16(19(15)23)20(24)14-4-2-1-3-5-14/h1-11H. The summed E-state index contributed by atoms with van der Waals surface area (Å²) in [6, 6.07) is 20.2. The number of hydrogen-bond acceptors (Lipinski definition) is 2. The molecule has 114 valence electrons. The van der Waals surface area contributed by atoms with E-state index in [0.29, 0.717) is 21.7 Å². The second kappa shape index (κ2) is 5.52. The van der Waals surface area contributed by atoms with Gasteiger partial charge in [0.2, 0.25) is 0 Å². The van der Waals surface area contributed by atoms with Gasteiger partial charge >= 0.3 is 0 Å². The summed E-state index contributed by atoms with van der Waals surface area (Å²) in [5.74, 6) is -0.116. The van der Waals surface area contributed by atoms with Gasteiger partial charge in [-0.05, 0) is 24.3 Å². The molecule has 3 nitrogen and oxygen atoms in total. The van der Waals surface area contributed by atoms with Crippen LogP contribution in [0.1, 0.15) is 21.5 Å². The van der Waals surface area contributed by atoms with E-state index in [1.54, 1.807) is 30.3 Å². The number of nitrogens with zero attached hydrogens (tertiary/aromatic N) is 2. The quantitative estimate of drug-likeness (QED) is 0.493. The van der Waals surface area contributed by atoms with Crippen LogP contribution in [0.4, 0.5) is 0 Å². The smallest absolute Gasteiger partial charge is 0.195 e. The Hall–Kier alpha value is -3.09. The van der Waals surface area contributed by atoms with Gasteiger partial charge in [-0.1, -0.05) is 48.0 Å². The van der Waals surface area contributed by atoms with Crippen LogP contribution in [-0.2, 0) is 0 Å².